The van der Waals surface area contributed by atoms with Gasteiger partial charge in [0, 0.05) is 36.6 Å². The van der Waals surface area contributed by atoms with E-state index in [0.29, 0.717) is 17.9 Å². The van der Waals surface area contributed by atoms with Crippen LogP contribution in [0.3, 0.4) is 0 Å². The number of hydrogen-bond donors (Lipinski definition) is 3. The van der Waals surface area contributed by atoms with Crippen LogP contribution in [0.5, 0.6) is 0 Å². The van der Waals surface area contributed by atoms with Gasteiger partial charge in [0.05, 0.1) is 5.69 Å². The van der Waals surface area contributed by atoms with E-state index in [0.717, 1.165) is 10.5 Å². The molecular formula is C27H34N4O5S. The normalized spacial score (nSPS) is 14.1. The van der Waals surface area contributed by atoms with Crippen LogP contribution in [-0.2, 0) is 25.5 Å². The summed E-state index contributed by atoms with van der Waals surface area (Å²) < 4.78 is 5.19. The highest BCUT2D eigenvalue weighted by molar-refractivity contribution is 7.99. The maximum atomic E-state index is 13.1. The van der Waals surface area contributed by atoms with Gasteiger partial charge in [-0.15, -0.1) is 11.8 Å². The maximum Gasteiger partial charge on any atom is 0.407 e. The molecule has 1 aliphatic rings. The number of amides is 4. The van der Waals surface area contributed by atoms with Gasteiger partial charge < -0.3 is 25.6 Å². The molecule has 1 atom stereocenters. The van der Waals surface area contributed by atoms with Crippen LogP contribution < -0.4 is 20.9 Å². The Morgan fingerprint density at radius 2 is 1.68 bits per heavy atom. The molecule has 2 aromatic rings. The van der Waals surface area contributed by atoms with Crippen molar-refractivity contribution in [3.05, 3.63) is 60.2 Å². The Hall–Kier alpha value is -3.53. The smallest absolute Gasteiger partial charge is 0.407 e. The molecule has 0 radical (unpaired) electrons. The average molecular weight is 527 g/mol. The van der Waals surface area contributed by atoms with Crippen molar-refractivity contribution in [2.45, 2.75) is 50.2 Å². The molecule has 0 bridgehead atoms. The lowest BCUT2D eigenvalue weighted by molar-refractivity contribution is -0.129. The van der Waals surface area contributed by atoms with Crippen molar-refractivity contribution in [1.82, 2.24) is 16.0 Å². The number of anilines is 1. The first-order chi connectivity index (χ1) is 17.6. The second kappa shape index (κ2) is 13.1. The summed E-state index contributed by atoms with van der Waals surface area (Å²) in [6.07, 6.45) is 0.0280. The number of fused-ring (bicyclic) bond motifs is 1. The number of benzene rings is 2. The molecule has 0 saturated heterocycles. The van der Waals surface area contributed by atoms with Gasteiger partial charge in [0.2, 0.25) is 17.7 Å². The maximum absolute atomic E-state index is 13.1. The minimum absolute atomic E-state index is 0.134. The Morgan fingerprint density at radius 1 is 1.00 bits per heavy atom. The molecule has 0 spiro atoms. The number of alkyl carbamates (subject to hydrolysis) is 1. The van der Waals surface area contributed by atoms with Crippen LogP contribution >= 0.6 is 11.8 Å². The van der Waals surface area contributed by atoms with Crippen LogP contribution in [0, 0.1) is 0 Å². The standard InChI is InChI=1S/C27H34N4O5S/c1-27(2,3)36-26(35)29-15-14-28-25(34)20(17-19-9-5-4-6-10-19)30-23(32)18-31-21-11-7-8-12-22(21)37-16-13-24(31)33/h4-12,20H,13-18H2,1-3H3,(H,28,34)(H,29,35)(H,30,32)/t20-/m0/s1. The van der Waals surface area contributed by atoms with Crippen molar-refractivity contribution >= 4 is 41.3 Å². The molecule has 0 unspecified atom stereocenters. The fourth-order valence-electron chi connectivity index (χ4n) is 3.72. The lowest BCUT2D eigenvalue weighted by Gasteiger charge is -2.24. The predicted octanol–water partition coefficient (Wildman–Crippen LogP) is 2.88. The quantitative estimate of drug-likeness (QED) is 0.433. The van der Waals surface area contributed by atoms with Gasteiger partial charge in [-0.3, -0.25) is 14.4 Å². The lowest BCUT2D eigenvalue weighted by atomic mass is 10.1. The lowest BCUT2D eigenvalue weighted by Crippen LogP contribution is -2.52. The number of nitrogens with one attached hydrogen (secondary N) is 3. The highest BCUT2D eigenvalue weighted by atomic mass is 32.2. The van der Waals surface area contributed by atoms with E-state index < -0.39 is 23.6 Å². The van der Waals surface area contributed by atoms with Gasteiger partial charge >= 0.3 is 6.09 Å². The molecule has 0 aliphatic carbocycles. The Bertz CT molecular complexity index is 1100. The van der Waals surface area contributed by atoms with E-state index in [9.17, 15) is 19.2 Å². The zero-order valence-corrected chi connectivity index (χ0v) is 22.2. The molecule has 9 nitrogen and oxygen atoms in total. The van der Waals surface area contributed by atoms with Crippen molar-refractivity contribution in [3.8, 4) is 0 Å². The summed E-state index contributed by atoms with van der Waals surface area (Å²) in [6.45, 7) is 5.44. The van der Waals surface area contributed by atoms with E-state index in [-0.39, 0.29) is 37.9 Å². The Kier molecular flexibility index (Phi) is 9.96. The fourth-order valence-corrected chi connectivity index (χ4v) is 4.72. The first-order valence-electron chi connectivity index (χ1n) is 12.2. The summed E-state index contributed by atoms with van der Waals surface area (Å²) in [5, 5.41) is 8.15. The molecule has 37 heavy (non-hydrogen) atoms. The molecule has 2 aromatic carbocycles. The van der Waals surface area contributed by atoms with Crippen molar-refractivity contribution in [2.75, 3.05) is 30.3 Å². The monoisotopic (exact) mass is 526 g/mol. The summed E-state index contributed by atoms with van der Waals surface area (Å²) in [5.74, 6) is -0.311. The fraction of sp³-hybridized carbons (Fsp3) is 0.407. The molecule has 198 valence electrons. The highest BCUT2D eigenvalue weighted by Crippen LogP contribution is 2.33. The molecule has 1 aliphatic heterocycles. The number of para-hydroxylation sites is 1. The van der Waals surface area contributed by atoms with Gasteiger partial charge in [0.15, 0.2) is 0 Å². The van der Waals surface area contributed by atoms with Crippen molar-refractivity contribution < 1.29 is 23.9 Å². The first-order valence-corrected chi connectivity index (χ1v) is 13.2. The van der Waals surface area contributed by atoms with Gasteiger partial charge in [-0.1, -0.05) is 42.5 Å². The molecule has 4 amide bonds. The number of thioether (sulfide) groups is 1. The van der Waals surface area contributed by atoms with Gasteiger partial charge in [-0.2, -0.15) is 0 Å². The van der Waals surface area contributed by atoms with Crippen molar-refractivity contribution in [3.63, 3.8) is 0 Å². The van der Waals surface area contributed by atoms with E-state index in [1.807, 2.05) is 54.6 Å². The minimum atomic E-state index is -0.858. The van der Waals surface area contributed by atoms with Crippen LogP contribution in [0.25, 0.3) is 0 Å². The van der Waals surface area contributed by atoms with Crippen molar-refractivity contribution in [1.29, 1.82) is 0 Å². The Morgan fingerprint density at radius 3 is 2.41 bits per heavy atom. The first kappa shape index (κ1) is 28.0. The largest absolute Gasteiger partial charge is 0.444 e. The van der Waals surface area contributed by atoms with Crippen LogP contribution in [0.4, 0.5) is 10.5 Å². The van der Waals surface area contributed by atoms with Gasteiger partial charge in [0.1, 0.15) is 18.2 Å². The predicted molar refractivity (Wildman–Crippen MR) is 143 cm³/mol. The minimum Gasteiger partial charge on any atom is -0.444 e. The number of carbonyl (C=O) groups excluding carboxylic acids is 4. The molecular weight excluding hydrogens is 492 g/mol. The Labute approximate surface area is 221 Å². The number of nitrogens with zero attached hydrogens (tertiary/aromatic N) is 1. The summed E-state index contributed by atoms with van der Waals surface area (Å²) in [7, 11) is 0. The Balaban J connectivity index is 1.63. The highest BCUT2D eigenvalue weighted by Gasteiger charge is 2.27. The van der Waals surface area contributed by atoms with Gasteiger partial charge in [-0.05, 0) is 38.5 Å². The number of carbonyl (C=O) groups is 4. The molecule has 0 aromatic heterocycles. The number of rotatable bonds is 9. The van der Waals surface area contributed by atoms with Gasteiger partial charge in [0.25, 0.3) is 0 Å². The summed E-state index contributed by atoms with van der Waals surface area (Å²) in [4.78, 5) is 53.1. The SMILES string of the molecule is CC(C)(C)OC(=O)NCCNC(=O)[C@H](Cc1ccccc1)NC(=O)CN1C(=O)CCSc2ccccc21. The summed E-state index contributed by atoms with van der Waals surface area (Å²) >= 11 is 1.58. The molecule has 3 rings (SSSR count). The third-order valence-corrected chi connectivity index (χ3v) is 6.42. The molecule has 0 fully saturated rings. The summed E-state index contributed by atoms with van der Waals surface area (Å²) in [6, 6.07) is 16.0. The number of hydrogen-bond acceptors (Lipinski definition) is 6. The van der Waals surface area contributed by atoms with E-state index in [4.69, 9.17) is 4.74 Å². The van der Waals surface area contributed by atoms with Crippen LogP contribution in [0.1, 0.15) is 32.8 Å². The van der Waals surface area contributed by atoms with E-state index >= 15 is 0 Å². The molecule has 1 heterocycles. The third kappa shape index (κ3) is 9.13. The third-order valence-electron chi connectivity index (χ3n) is 5.36. The van der Waals surface area contributed by atoms with E-state index in [1.165, 1.54) is 4.90 Å². The topological polar surface area (TPSA) is 117 Å². The average Bonchev–Trinajstić information content (AvgIpc) is 2.99. The van der Waals surface area contributed by atoms with E-state index in [2.05, 4.69) is 16.0 Å². The van der Waals surface area contributed by atoms with Gasteiger partial charge in [-0.25, -0.2) is 4.79 Å². The second-order valence-electron chi connectivity index (χ2n) is 9.58. The number of ether oxygens (including phenoxy) is 1. The summed E-state index contributed by atoms with van der Waals surface area (Å²) in [5.41, 5.74) is 0.955. The molecule has 3 N–H and O–H groups in total. The second-order valence-corrected chi connectivity index (χ2v) is 10.7. The molecule has 10 heteroatoms. The van der Waals surface area contributed by atoms with Crippen LogP contribution in [0.2, 0.25) is 0 Å². The zero-order valence-electron chi connectivity index (χ0n) is 21.4. The van der Waals surface area contributed by atoms with E-state index in [1.54, 1.807) is 32.5 Å². The zero-order chi connectivity index (χ0) is 26.8. The van der Waals surface area contributed by atoms with Crippen LogP contribution in [-0.4, -0.2) is 60.8 Å². The van der Waals surface area contributed by atoms with Crippen molar-refractivity contribution in [2.24, 2.45) is 0 Å². The van der Waals surface area contributed by atoms with Crippen LogP contribution in [0.15, 0.2) is 59.5 Å². The molecule has 0 saturated carbocycles.